The molecule has 0 aromatic heterocycles. The Morgan fingerprint density at radius 3 is 2.50 bits per heavy atom. The van der Waals surface area contributed by atoms with Crippen molar-refractivity contribution in [3.05, 3.63) is 72.3 Å². The number of fused-ring (bicyclic) bond motifs is 1. The van der Waals surface area contributed by atoms with Gasteiger partial charge >= 0.3 is 0 Å². The minimum absolute atomic E-state index is 0.0964. The summed E-state index contributed by atoms with van der Waals surface area (Å²) >= 11 is 0. The fourth-order valence-corrected chi connectivity index (χ4v) is 3.51. The molecule has 3 rings (SSSR count). The lowest BCUT2D eigenvalue weighted by atomic mass is 10.1. The number of sulfonamides is 1. The molecule has 1 amide bonds. The number of hydrogen-bond acceptors (Lipinski definition) is 5. The van der Waals surface area contributed by atoms with Gasteiger partial charge < -0.3 is 4.74 Å². The largest absolute Gasteiger partial charge is 0.497 e. The average molecular weight is 397 g/mol. The van der Waals surface area contributed by atoms with E-state index in [0.29, 0.717) is 0 Å². The molecule has 0 fully saturated rings. The van der Waals surface area contributed by atoms with Crippen LogP contribution >= 0.6 is 0 Å². The monoisotopic (exact) mass is 397 g/mol. The number of carbonyl (C=O) groups excluding carboxylic acids is 1. The van der Waals surface area contributed by atoms with E-state index in [1.54, 1.807) is 25.3 Å². The first kappa shape index (κ1) is 19.5. The van der Waals surface area contributed by atoms with E-state index in [1.165, 1.54) is 18.3 Å². The lowest BCUT2D eigenvalue weighted by Crippen LogP contribution is -2.34. The second-order valence-electron chi connectivity index (χ2n) is 5.90. The predicted octanol–water partition coefficient (Wildman–Crippen LogP) is 2.28. The summed E-state index contributed by atoms with van der Waals surface area (Å²) in [5.41, 5.74) is 3.10. The third kappa shape index (κ3) is 4.93. The van der Waals surface area contributed by atoms with E-state index >= 15 is 0 Å². The molecule has 0 saturated heterocycles. The number of ether oxygens (including phenoxy) is 1. The van der Waals surface area contributed by atoms with E-state index in [4.69, 9.17) is 4.74 Å². The summed E-state index contributed by atoms with van der Waals surface area (Å²) in [6.07, 6.45) is 1.49. The zero-order valence-electron chi connectivity index (χ0n) is 15.1. The van der Waals surface area contributed by atoms with Gasteiger partial charge in [0.25, 0.3) is 5.91 Å². The first-order chi connectivity index (χ1) is 13.5. The van der Waals surface area contributed by atoms with Gasteiger partial charge in [-0.25, -0.2) is 18.6 Å². The van der Waals surface area contributed by atoms with Crippen molar-refractivity contribution >= 4 is 32.9 Å². The molecule has 3 aromatic carbocycles. The summed E-state index contributed by atoms with van der Waals surface area (Å²) < 4.78 is 31.6. The highest BCUT2D eigenvalue weighted by Gasteiger charge is 2.14. The predicted molar refractivity (Wildman–Crippen MR) is 108 cm³/mol. The van der Waals surface area contributed by atoms with Crippen molar-refractivity contribution in [2.75, 3.05) is 13.7 Å². The van der Waals surface area contributed by atoms with Crippen molar-refractivity contribution in [1.82, 2.24) is 10.1 Å². The first-order valence-electron chi connectivity index (χ1n) is 8.42. The summed E-state index contributed by atoms with van der Waals surface area (Å²) in [6.45, 7) is -0.411. The molecule has 3 aromatic rings. The summed E-state index contributed by atoms with van der Waals surface area (Å²) in [4.78, 5) is 11.9. The van der Waals surface area contributed by atoms with Crippen LogP contribution in [-0.2, 0) is 14.8 Å². The normalized spacial score (nSPS) is 11.6. The Kier molecular flexibility index (Phi) is 6.03. The van der Waals surface area contributed by atoms with Gasteiger partial charge in [0.1, 0.15) is 5.75 Å². The lowest BCUT2D eigenvalue weighted by Gasteiger charge is -2.05. The molecule has 28 heavy (non-hydrogen) atoms. The molecule has 2 N–H and O–H groups in total. The molecule has 0 spiro atoms. The van der Waals surface area contributed by atoms with Gasteiger partial charge in [0.2, 0.25) is 10.0 Å². The van der Waals surface area contributed by atoms with Crippen molar-refractivity contribution < 1.29 is 17.9 Å². The van der Waals surface area contributed by atoms with Crippen LogP contribution in [0.15, 0.2) is 76.7 Å². The Morgan fingerprint density at radius 2 is 1.75 bits per heavy atom. The molecular formula is C20H19N3O4S. The van der Waals surface area contributed by atoms with Crippen molar-refractivity contribution in [3.63, 3.8) is 0 Å². The Bertz CT molecular complexity index is 1110. The smallest absolute Gasteiger partial charge is 0.255 e. The van der Waals surface area contributed by atoms with E-state index < -0.39 is 22.5 Å². The topological polar surface area (TPSA) is 96.9 Å². The SMILES string of the molecule is COc1ccc2cc(/C=N\NC(=O)CNS(=O)(=O)c3ccccc3)ccc2c1. The number of benzene rings is 3. The van der Waals surface area contributed by atoms with Crippen LogP contribution in [-0.4, -0.2) is 34.2 Å². The van der Waals surface area contributed by atoms with Crippen LogP contribution in [0.1, 0.15) is 5.56 Å². The molecule has 0 aliphatic rings. The van der Waals surface area contributed by atoms with Crippen LogP contribution in [0.2, 0.25) is 0 Å². The number of methoxy groups -OCH3 is 1. The van der Waals surface area contributed by atoms with Gasteiger partial charge in [-0.05, 0) is 46.7 Å². The van der Waals surface area contributed by atoms with E-state index in [1.807, 2.05) is 36.4 Å². The maximum absolute atomic E-state index is 12.1. The molecule has 8 heteroatoms. The highest BCUT2D eigenvalue weighted by atomic mass is 32.2. The quantitative estimate of drug-likeness (QED) is 0.472. The highest BCUT2D eigenvalue weighted by Crippen LogP contribution is 2.21. The molecule has 0 aliphatic carbocycles. The number of nitrogens with zero attached hydrogens (tertiary/aromatic N) is 1. The molecule has 7 nitrogen and oxygen atoms in total. The van der Waals surface area contributed by atoms with Crippen molar-refractivity contribution in [2.24, 2.45) is 5.10 Å². The number of hydrazone groups is 1. The third-order valence-electron chi connectivity index (χ3n) is 3.95. The number of nitrogens with one attached hydrogen (secondary N) is 2. The van der Waals surface area contributed by atoms with Crippen LogP contribution in [0.4, 0.5) is 0 Å². The number of rotatable bonds is 7. The second kappa shape index (κ2) is 8.64. The van der Waals surface area contributed by atoms with Gasteiger partial charge in [0, 0.05) is 0 Å². The standard InChI is InChI=1S/C20H19N3O4S/c1-27-18-10-9-16-11-15(7-8-17(16)12-18)13-21-23-20(24)14-22-28(25,26)19-5-3-2-4-6-19/h2-13,22H,14H2,1H3,(H,23,24)/b21-13-. The van der Waals surface area contributed by atoms with Gasteiger partial charge in [0.05, 0.1) is 24.8 Å². The van der Waals surface area contributed by atoms with E-state index in [-0.39, 0.29) is 4.90 Å². The summed E-state index contributed by atoms with van der Waals surface area (Å²) in [5, 5.41) is 5.90. The van der Waals surface area contributed by atoms with Crippen LogP contribution in [0.3, 0.4) is 0 Å². The van der Waals surface area contributed by atoms with Gasteiger partial charge in [-0.3, -0.25) is 4.79 Å². The van der Waals surface area contributed by atoms with Crippen LogP contribution in [0.25, 0.3) is 10.8 Å². The van der Waals surface area contributed by atoms with Crippen molar-refractivity contribution in [2.45, 2.75) is 4.90 Å². The fourth-order valence-electron chi connectivity index (χ4n) is 2.51. The third-order valence-corrected chi connectivity index (χ3v) is 5.37. The van der Waals surface area contributed by atoms with Gasteiger partial charge in [-0.15, -0.1) is 0 Å². The van der Waals surface area contributed by atoms with Crippen molar-refractivity contribution in [3.8, 4) is 5.75 Å². The maximum atomic E-state index is 12.1. The fraction of sp³-hybridized carbons (Fsp3) is 0.100. The van der Waals surface area contributed by atoms with Gasteiger partial charge in [0.15, 0.2) is 0 Å². The Balaban J connectivity index is 1.57. The number of amides is 1. The summed E-state index contributed by atoms with van der Waals surface area (Å²) in [6, 6.07) is 19.3. The minimum atomic E-state index is -3.74. The van der Waals surface area contributed by atoms with Gasteiger partial charge in [-0.2, -0.15) is 5.10 Å². The highest BCUT2D eigenvalue weighted by molar-refractivity contribution is 7.89. The summed E-state index contributed by atoms with van der Waals surface area (Å²) in [5.74, 6) is 0.209. The molecule has 0 unspecified atom stereocenters. The molecule has 0 heterocycles. The average Bonchev–Trinajstić information content (AvgIpc) is 2.72. The number of carbonyl (C=O) groups is 1. The number of hydrogen-bond donors (Lipinski definition) is 2. The lowest BCUT2D eigenvalue weighted by molar-refractivity contribution is -0.119. The van der Waals surface area contributed by atoms with E-state index in [2.05, 4.69) is 15.2 Å². The van der Waals surface area contributed by atoms with Crippen molar-refractivity contribution in [1.29, 1.82) is 0 Å². The zero-order chi connectivity index (χ0) is 20.0. The maximum Gasteiger partial charge on any atom is 0.255 e. The zero-order valence-corrected chi connectivity index (χ0v) is 15.9. The Hall–Kier alpha value is -3.23. The van der Waals surface area contributed by atoms with Crippen LogP contribution < -0.4 is 14.9 Å². The molecule has 0 atom stereocenters. The van der Waals surface area contributed by atoms with E-state index in [9.17, 15) is 13.2 Å². The Morgan fingerprint density at radius 1 is 1.04 bits per heavy atom. The first-order valence-corrected chi connectivity index (χ1v) is 9.91. The van der Waals surface area contributed by atoms with E-state index in [0.717, 1.165) is 22.1 Å². The summed E-state index contributed by atoms with van der Waals surface area (Å²) in [7, 11) is -2.12. The molecule has 0 radical (unpaired) electrons. The second-order valence-corrected chi connectivity index (χ2v) is 7.67. The Labute approximate surface area is 163 Å². The van der Waals surface area contributed by atoms with Gasteiger partial charge in [-0.1, -0.05) is 36.4 Å². The molecular weight excluding hydrogens is 378 g/mol. The van der Waals surface area contributed by atoms with Crippen LogP contribution in [0, 0.1) is 0 Å². The molecule has 0 bridgehead atoms. The molecule has 0 aliphatic heterocycles. The molecule has 144 valence electrons. The van der Waals surface area contributed by atoms with Crippen LogP contribution in [0.5, 0.6) is 5.75 Å². The molecule has 0 saturated carbocycles. The minimum Gasteiger partial charge on any atom is -0.497 e.